The van der Waals surface area contributed by atoms with Crippen molar-refractivity contribution in [3.05, 3.63) is 38.7 Å². The molecule has 2 aromatic rings. The second-order valence-electron chi connectivity index (χ2n) is 4.31. The summed E-state index contributed by atoms with van der Waals surface area (Å²) in [6, 6.07) is 4.65. The van der Waals surface area contributed by atoms with Gasteiger partial charge in [-0.05, 0) is 40.5 Å². The van der Waals surface area contributed by atoms with Gasteiger partial charge in [0.15, 0.2) is 5.82 Å². The van der Waals surface area contributed by atoms with Crippen LogP contribution in [0, 0.1) is 5.82 Å². The van der Waals surface area contributed by atoms with Gasteiger partial charge >= 0.3 is 0 Å². The number of nitrogens with zero attached hydrogens (tertiary/aromatic N) is 2. The lowest BCUT2D eigenvalue weighted by Gasteiger charge is -2.11. The van der Waals surface area contributed by atoms with Crippen LogP contribution in [0.4, 0.5) is 10.2 Å². The van der Waals surface area contributed by atoms with E-state index in [1.807, 2.05) is 6.07 Å². The molecule has 0 saturated carbocycles. The molecule has 6 heteroatoms. The molecule has 0 aliphatic heterocycles. The van der Waals surface area contributed by atoms with E-state index in [1.165, 1.54) is 12.1 Å². The Kier molecular flexibility index (Phi) is 5.10. The molecule has 0 aliphatic carbocycles. The normalized spacial score (nSPS) is 10.7. The first-order chi connectivity index (χ1) is 9.55. The Morgan fingerprint density at radius 3 is 2.55 bits per heavy atom. The molecule has 0 fully saturated rings. The molecule has 0 unspecified atom stereocenters. The zero-order chi connectivity index (χ0) is 14.7. The van der Waals surface area contributed by atoms with E-state index in [0.717, 1.165) is 23.0 Å². The second kappa shape index (κ2) is 6.63. The number of benzene rings is 1. The molecule has 20 heavy (non-hydrogen) atoms. The summed E-state index contributed by atoms with van der Waals surface area (Å²) in [5.41, 5.74) is 1.57. The molecule has 0 bridgehead atoms. The lowest BCUT2D eigenvalue weighted by atomic mass is 10.2. The molecular formula is C14H14Br2FN3. The number of anilines is 1. The topological polar surface area (TPSA) is 37.8 Å². The van der Waals surface area contributed by atoms with Gasteiger partial charge in [-0.1, -0.05) is 29.3 Å². The van der Waals surface area contributed by atoms with Gasteiger partial charge in [-0.15, -0.1) is 0 Å². The van der Waals surface area contributed by atoms with E-state index in [2.05, 4.69) is 54.1 Å². The first-order valence-electron chi connectivity index (χ1n) is 6.25. The smallest absolute Gasteiger partial charge is 0.161 e. The van der Waals surface area contributed by atoms with Gasteiger partial charge in [0, 0.05) is 17.1 Å². The Morgan fingerprint density at radius 2 is 1.95 bits per heavy atom. The molecule has 1 N–H and O–H groups in total. The Morgan fingerprint density at radius 1 is 1.20 bits per heavy atom. The van der Waals surface area contributed by atoms with E-state index >= 15 is 0 Å². The Bertz CT molecular complexity index is 612. The van der Waals surface area contributed by atoms with Gasteiger partial charge in [0.1, 0.15) is 11.6 Å². The van der Waals surface area contributed by atoms with Crippen LogP contribution >= 0.6 is 31.9 Å². The van der Waals surface area contributed by atoms with Crippen LogP contribution in [-0.2, 0) is 6.42 Å². The fraction of sp³-hybridized carbons (Fsp3) is 0.286. The number of rotatable bonds is 4. The van der Waals surface area contributed by atoms with Crippen LogP contribution in [0.1, 0.15) is 19.0 Å². The van der Waals surface area contributed by atoms with Crippen LogP contribution in [0.2, 0.25) is 0 Å². The van der Waals surface area contributed by atoms with Gasteiger partial charge in [0.25, 0.3) is 0 Å². The lowest BCUT2D eigenvalue weighted by molar-refractivity contribution is 0.627. The first-order valence-corrected chi connectivity index (χ1v) is 7.84. The van der Waals surface area contributed by atoms with Crippen molar-refractivity contribution < 1.29 is 4.39 Å². The number of hydrogen-bond acceptors (Lipinski definition) is 3. The Balaban J connectivity index is 2.58. The number of hydrogen-bond donors (Lipinski definition) is 1. The number of aryl methyl sites for hydroxylation is 1. The van der Waals surface area contributed by atoms with Gasteiger partial charge in [0.05, 0.1) is 10.2 Å². The van der Waals surface area contributed by atoms with Crippen molar-refractivity contribution in [2.24, 2.45) is 0 Å². The molecule has 0 radical (unpaired) electrons. The highest BCUT2D eigenvalue weighted by molar-refractivity contribution is 9.11. The first kappa shape index (κ1) is 15.4. The van der Waals surface area contributed by atoms with Crippen LogP contribution in [0.25, 0.3) is 11.4 Å². The molecule has 0 spiro atoms. The number of nitrogens with one attached hydrogen (secondary N) is 1. The van der Waals surface area contributed by atoms with E-state index < -0.39 is 0 Å². The van der Waals surface area contributed by atoms with Crippen molar-refractivity contribution in [2.75, 3.05) is 12.4 Å². The molecule has 1 aromatic carbocycles. The van der Waals surface area contributed by atoms with E-state index in [0.29, 0.717) is 21.7 Å². The maximum atomic E-state index is 13.5. The van der Waals surface area contributed by atoms with Crippen molar-refractivity contribution in [3.63, 3.8) is 0 Å². The zero-order valence-electron chi connectivity index (χ0n) is 11.2. The minimum absolute atomic E-state index is 0.316. The number of halogens is 3. The van der Waals surface area contributed by atoms with E-state index in [-0.39, 0.29) is 5.82 Å². The summed E-state index contributed by atoms with van der Waals surface area (Å²) in [5.74, 6) is 0.906. The third kappa shape index (κ3) is 3.35. The molecule has 1 aromatic heterocycles. The monoisotopic (exact) mass is 401 g/mol. The SMILES string of the molecule is CCCc1nc(-c2cc(F)cc(Br)c2)nc(NC)c1Br. The Hall–Kier alpha value is -1.01. The average Bonchev–Trinajstić information content (AvgIpc) is 2.40. The van der Waals surface area contributed by atoms with Crippen LogP contribution in [0.5, 0.6) is 0 Å². The summed E-state index contributed by atoms with van der Waals surface area (Å²) in [5, 5.41) is 3.03. The molecule has 2 rings (SSSR count). The van der Waals surface area contributed by atoms with Gasteiger partial charge in [-0.2, -0.15) is 0 Å². The summed E-state index contributed by atoms with van der Waals surface area (Å²) >= 11 is 6.80. The predicted octanol–water partition coefficient (Wildman–Crippen LogP) is 4.80. The van der Waals surface area contributed by atoms with E-state index in [9.17, 15) is 4.39 Å². The maximum absolute atomic E-state index is 13.5. The largest absolute Gasteiger partial charge is 0.372 e. The van der Waals surface area contributed by atoms with Gasteiger partial charge in [-0.25, -0.2) is 14.4 Å². The maximum Gasteiger partial charge on any atom is 0.161 e. The molecule has 0 amide bonds. The summed E-state index contributed by atoms with van der Waals surface area (Å²) < 4.78 is 15.0. The molecular weight excluding hydrogens is 389 g/mol. The quantitative estimate of drug-likeness (QED) is 0.797. The predicted molar refractivity (Wildman–Crippen MR) is 86.4 cm³/mol. The fourth-order valence-corrected chi connectivity index (χ4v) is 2.91. The molecule has 3 nitrogen and oxygen atoms in total. The average molecular weight is 403 g/mol. The van der Waals surface area contributed by atoms with Crippen molar-refractivity contribution in [2.45, 2.75) is 19.8 Å². The minimum Gasteiger partial charge on any atom is -0.372 e. The van der Waals surface area contributed by atoms with Crippen molar-refractivity contribution in [1.82, 2.24) is 9.97 Å². The van der Waals surface area contributed by atoms with Crippen LogP contribution < -0.4 is 5.32 Å². The summed E-state index contributed by atoms with van der Waals surface area (Å²) in [6.07, 6.45) is 1.81. The standard InChI is InChI=1S/C14H14Br2FN3/c1-3-4-11-12(16)14(18-2)20-13(19-11)8-5-9(15)7-10(17)6-8/h5-7H,3-4H2,1-2H3,(H,18,19,20). The van der Waals surface area contributed by atoms with Crippen molar-refractivity contribution in [3.8, 4) is 11.4 Å². The highest BCUT2D eigenvalue weighted by atomic mass is 79.9. The summed E-state index contributed by atoms with van der Waals surface area (Å²) in [4.78, 5) is 8.97. The molecule has 0 atom stereocenters. The highest BCUT2D eigenvalue weighted by Gasteiger charge is 2.13. The van der Waals surface area contributed by atoms with Crippen molar-refractivity contribution in [1.29, 1.82) is 0 Å². The molecule has 0 aliphatic rings. The van der Waals surface area contributed by atoms with Crippen LogP contribution in [-0.4, -0.2) is 17.0 Å². The van der Waals surface area contributed by atoms with Gasteiger partial charge < -0.3 is 5.32 Å². The third-order valence-electron chi connectivity index (χ3n) is 2.76. The lowest BCUT2D eigenvalue weighted by Crippen LogP contribution is -2.03. The summed E-state index contributed by atoms with van der Waals surface area (Å²) in [6.45, 7) is 2.09. The number of aromatic nitrogens is 2. The Labute approximate surface area is 134 Å². The van der Waals surface area contributed by atoms with Gasteiger partial charge in [0.2, 0.25) is 0 Å². The van der Waals surface area contributed by atoms with Crippen LogP contribution in [0.3, 0.4) is 0 Å². The van der Waals surface area contributed by atoms with Crippen molar-refractivity contribution >= 4 is 37.7 Å². The van der Waals surface area contributed by atoms with Crippen LogP contribution in [0.15, 0.2) is 27.1 Å². The van der Waals surface area contributed by atoms with Gasteiger partial charge in [-0.3, -0.25) is 0 Å². The molecule has 0 saturated heterocycles. The highest BCUT2D eigenvalue weighted by Crippen LogP contribution is 2.29. The van der Waals surface area contributed by atoms with E-state index in [4.69, 9.17) is 0 Å². The molecule has 106 valence electrons. The third-order valence-corrected chi connectivity index (χ3v) is 4.06. The minimum atomic E-state index is -0.316. The van der Waals surface area contributed by atoms with E-state index in [1.54, 1.807) is 7.05 Å². The summed E-state index contributed by atoms with van der Waals surface area (Å²) in [7, 11) is 1.80. The zero-order valence-corrected chi connectivity index (χ0v) is 14.3. The fourth-order valence-electron chi connectivity index (χ4n) is 1.87. The molecule has 1 heterocycles. The second-order valence-corrected chi connectivity index (χ2v) is 6.02.